The number of nitrogens with zero attached hydrogens (tertiary/aromatic N) is 4. The highest BCUT2D eigenvalue weighted by molar-refractivity contribution is 5.53. The van der Waals surface area contributed by atoms with Crippen LogP contribution in [0.4, 0.5) is 0 Å². The number of hydrogen-bond donors (Lipinski definition) is 1. The second-order valence-electron chi connectivity index (χ2n) is 5.50. The van der Waals surface area contributed by atoms with Gasteiger partial charge in [0.1, 0.15) is 0 Å². The van der Waals surface area contributed by atoms with Crippen LogP contribution in [0, 0.1) is 0 Å². The normalized spacial score (nSPS) is 19.4. The van der Waals surface area contributed by atoms with E-state index in [0.717, 1.165) is 36.0 Å². The molecule has 0 saturated carbocycles. The average Bonchev–Trinajstić information content (AvgIpc) is 2.98. The highest BCUT2D eigenvalue weighted by Gasteiger charge is 2.30. The van der Waals surface area contributed by atoms with E-state index in [1.807, 2.05) is 12.3 Å². The number of aryl methyl sites for hydroxylation is 1. The van der Waals surface area contributed by atoms with Crippen LogP contribution in [0.5, 0.6) is 0 Å². The second-order valence-corrected chi connectivity index (χ2v) is 5.50. The molecule has 3 aromatic rings. The maximum atomic E-state index is 10.9. The summed E-state index contributed by atoms with van der Waals surface area (Å²) in [6.07, 6.45) is 11.2. The van der Waals surface area contributed by atoms with Crippen molar-refractivity contribution < 1.29 is 5.11 Å². The van der Waals surface area contributed by atoms with Gasteiger partial charge >= 0.3 is 0 Å². The zero-order valence-electron chi connectivity index (χ0n) is 11.6. The number of fused-ring (bicyclic) bond motifs is 2. The molecule has 0 spiro atoms. The Kier molecular flexibility index (Phi) is 2.93. The van der Waals surface area contributed by atoms with Gasteiger partial charge < -0.3 is 5.11 Å². The van der Waals surface area contributed by atoms with Crippen LogP contribution < -0.4 is 0 Å². The molecule has 3 aromatic heterocycles. The molecule has 0 radical (unpaired) electrons. The highest BCUT2D eigenvalue weighted by atomic mass is 16.3. The first-order valence-corrected chi connectivity index (χ1v) is 7.23. The molecule has 0 bridgehead atoms. The van der Waals surface area contributed by atoms with Crippen molar-refractivity contribution in [3.05, 3.63) is 59.9 Å². The van der Waals surface area contributed by atoms with Crippen molar-refractivity contribution in [1.29, 1.82) is 0 Å². The molecule has 2 atom stereocenters. The van der Waals surface area contributed by atoms with Crippen molar-refractivity contribution in [1.82, 2.24) is 19.6 Å². The lowest BCUT2D eigenvalue weighted by atomic mass is 9.81. The Balaban J connectivity index is 1.77. The van der Waals surface area contributed by atoms with Gasteiger partial charge in [-0.05, 0) is 30.9 Å². The molecule has 1 aliphatic rings. The zero-order chi connectivity index (χ0) is 14.2. The van der Waals surface area contributed by atoms with Crippen LogP contribution in [0.3, 0.4) is 0 Å². The van der Waals surface area contributed by atoms with E-state index in [9.17, 15) is 5.11 Å². The monoisotopic (exact) mass is 280 g/mol. The molecule has 1 N–H and O–H groups in total. The van der Waals surface area contributed by atoms with Gasteiger partial charge in [-0.15, -0.1) is 0 Å². The molecule has 1 aliphatic carbocycles. The molecule has 0 amide bonds. The number of aliphatic hydroxyl groups excluding tert-OH is 1. The summed E-state index contributed by atoms with van der Waals surface area (Å²) >= 11 is 0. The molecule has 2 unspecified atom stereocenters. The van der Waals surface area contributed by atoms with Crippen LogP contribution >= 0.6 is 0 Å². The Hall–Kier alpha value is -2.27. The quantitative estimate of drug-likeness (QED) is 0.782. The van der Waals surface area contributed by atoms with Crippen molar-refractivity contribution in [2.45, 2.75) is 31.3 Å². The topological polar surface area (TPSA) is 63.3 Å². The van der Waals surface area contributed by atoms with Gasteiger partial charge in [0.25, 0.3) is 0 Å². The van der Waals surface area contributed by atoms with Crippen LogP contribution in [0.25, 0.3) is 5.52 Å². The summed E-state index contributed by atoms with van der Waals surface area (Å²) in [5.41, 5.74) is 3.96. The Bertz CT molecular complexity index is 783. The largest absolute Gasteiger partial charge is 0.388 e. The van der Waals surface area contributed by atoms with E-state index in [1.165, 1.54) is 5.56 Å². The Labute approximate surface area is 122 Å². The molecule has 0 aliphatic heterocycles. The van der Waals surface area contributed by atoms with Crippen LogP contribution in [-0.4, -0.2) is 24.7 Å². The number of rotatable bonds is 2. The van der Waals surface area contributed by atoms with E-state index in [1.54, 1.807) is 29.3 Å². The lowest BCUT2D eigenvalue weighted by molar-refractivity contribution is 0.135. The van der Waals surface area contributed by atoms with Crippen molar-refractivity contribution in [3.63, 3.8) is 0 Å². The fraction of sp³-hybridized carbons (Fsp3) is 0.312. The van der Waals surface area contributed by atoms with E-state index in [0.29, 0.717) is 0 Å². The summed E-state index contributed by atoms with van der Waals surface area (Å²) in [4.78, 5) is 8.64. The predicted octanol–water partition coefficient (Wildman–Crippen LogP) is 2.28. The molecular weight excluding hydrogens is 264 g/mol. The fourth-order valence-corrected chi connectivity index (χ4v) is 3.25. The van der Waals surface area contributed by atoms with E-state index >= 15 is 0 Å². The zero-order valence-corrected chi connectivity index (χ0v) is 11.6. The van der Waals surface area contributed by atoms with Crippen LogP contribution in [0.2, 0.25) is 0 Å². The maximum Gasteiger partial charge on any atom is 0.0910 e. The van der Waals surface area contributed by atoms with Gasteiger partial charge in [0.05, 0.1) is 24.0 Å². The van der Waals surface area contributed by atoms with E-state index in [-0.39, 0.29) is 5.92 Å². The number of aromatic nitrogens is 4. The summed E-state index contributed by atoms with van der Waals surface area (Å²) < 4.78 is 1.74. The van der Waals surface area contributed by atoms with Crippen molar-refractivity contribution >= 4 is 5.52 Å². The average molecular weight is 280 g/mol. The fourth-order valence-electron chi connectivity index (χ4n) is 3.25. The minimum Gasteiger partial charge on any atom is -0.388 e. The maximum absolute atomic E-state index is 10.9. The summed E-state index contributed by atoms with van der Waals surface area (Å²) in [6, 6.07) is 4.08. The first kappa shape index (κ1) is 12.5. The summed E-state index contributed by atoms with van der Waals surface area (Å²) in [5, 5.41) is 15.1. The van der Waals surface area contributed by atoms with Crippen molar-refractivity contribution in [3.8, 4) is 0 Å². The third-order valence-electron chi connectivity index (χ3n) is 4.29. The molecule has 4 rings (SSSR count). The van der Waals surface area contributed by atoms with E-state index in [4.69, 9.17) is 0 Å². The van der Waals surface area contributed by atoms with Gasteiger partial charge in [0.15, 0.2) is 0 Å². The van der Waals surface area contributed by atoms with Gasteiger partial charge in [0, 0.05) is 35.8 Å². The van der Waals surface area contributed by atoms with Crippen molar-refractivity contribution in [2.75, 3.05) is 0 Å². The molecular formula is C16H16N4O. The molecule has 3 heterocycles. The summed E-state index contributed by atoms with van der Waals surface area (Å²) in [5.74, 6) is 0.0307. The lowest BCUT2D eigenvalue weighted by Gasteiger charge is -2.27. The number of hydrogen-bond acceptors (Lipinski definition) is 4. The summed E-state index contributed by atoms with van der Waals surface area (Å²) in [6.45, 7) is 0. The third-order valence-corrected chi connectivity index (χ3v) is 4.29. The minimum absolute atomic E-state index is 0.0307. The second kappa shape index (κ2) is 4.93. The molecule has 21 heavy (non-hydrogen) atoms. The van der Waals surface area contributed by atoms with E-state index in [2.05, 4.69) is 21.1 Å². The number of aliphatic hydroxyl groups is 1. The van der Waals surface area contributed by atoms with Gasteiger partial charge in [-0.2, -0.15) is 5.10 Å². The molecule has 5 nitrogen and oxygen atoms in total. The van der Waals surface area contributed by atoms with Gasteiger partial charge in [0.2, 0.25) is 0 Å². The molecule has 5 heteroatoms. The van der Waals surface area contributed by atoms with E-state index < -0.39 is 6.10 Å². The molecule has 0 fully saturated rings. The smallest absolute Gasteiger partial charge is 0.0910 e. The SMILES string of the molecule is OC(c1cnn2ccncc12)C1CCCc2cccnc21. The van der Waals surface area contributed by atoms with Crippen LogP contribution in [0.15, 0.2) is 43.1 Å². The first-order valence-electron chi connectivity index (χ1n) is 7.23. The Morgan fingerprint density at radius 2 is 2.24 bits per heavy atom. The minimum atomic E-state index is -0.597. The van der Waals surface area contributed by atoms with Crippen LogP contribution in [0.1, 0.15) is 41.7 Å². The van der Waals surface area contributed by atoms with Gasteiger partial charge in [-0.1, -0.05) is 6.07 Å². The first-order chi connectivity index (χ1) is 10.3. The lowest BCUT2D eigenvalue weighted by Crippen LogP contribution is -2.18. The Morgan fingerprint density at radius 1 is 1.29 bits per heavy atom. The Morgan fingerprint density at radius 3 is 3.19 bits per heavy atom. The van der Waals surface area contributed by atoms with Gasteiger partial charge in [-0.3, -0.25) is 9.97 Å². The number of pyridine rings is 1. The third kappa shape index (κ3) is 2.01. The molecule has 0 saturated heterocycles. The highest BCUT2D eigenvalue weighted by Crippen LogP contribution is 2.39. The van der Waals surface area contributed by atoms with Crippen molar-refractivity contribution in [2.24, 2.45) is 0 Å². The predicted molar refractivity (Wildman–Crippen MR) is 77.9 cm³/mol. The molecule has 106 valence electrons. The standard InChI is InChI=1S/C16H16N4O/c21-16(13-9-19-20-8-7-17-10-14(13)20)12-5-1-3-11-4-2-6-18-15(11)12/h2,4,6-10,12,16,21H,1,3,5H2. The summed E-state index contributed by atoms with van der Waals surface area (Å²) in [7, 11) is 0. The molecule has 0 aromatic carbocycles. The van der Waals surface area contributed by atoms with Gasteiger partial charge in [-0.25, -0.2) is 4.52 Å². The van der Waals surface area contributed by atoms with Crippen LogP contribution in [-0.2, 0) is 6.42 Å².